The zero-order valence-corrected chi connectivity index (χ0v) is 14.0. The lowest BCUT2D eigenvalue weighted by Crippen LogP contribution is -2.20. The molecule has 1 N–H and O–H groups in total. The normalized spacial score (nSPS) is 31.5. The van der Waals surface area contributed by atoms with Gasteiger partial charge in [0, 0.05) is 17.6 Å². The number of hydrogen-bond acceptors (Lipinski definition) is 4. The molecular formula is C20H19NO4. The van der Waals surface area contributed by atoms with Gasteiger partial charge in [-0.2, -0.15) is 0 Å². The Bertz CT molecular complexity index is 849. The van der Waals surface area contributed by atoms with Gasteiger partial charge in [0.25, 0.3) is 12.2 Å². The van der Waals surface area contributed by atoms with E-state index in [0.29, 0.717) is 17.1 Å². The second-order valence-corrected chi connectivity index (χ2v) is 7.29. The van der Waals surface area contributed by atoms with Crippen molar-refractivity contribution in [1.29, 1.82) is 0 Å². The minimum atomic E-state index is -0.738. The lowest BCUT2D eigenvalue weighted by Gasteiger charge is -2.14. The van der Waals surface area contributed by atoms with Crippen molar-refractivity contribution in [3.8, 4) is 0 Å². The monoisotopic (exact) mass is 337 g/mol. The molecule has 0 spiro atoms. The highest BCUT2D eigenvalue weighted by molar-refractivity contribution is 5.97. The summed E-state index contributed by atoms with van der Waals surface area (Å²) < 4.78 is 10.6. The van der Waals surface area contributed by atoms with Gasteiger partial charge in [0.2, 0.25) is 0 Å². The minimum Gasteiger partial charge on any atom is -0.458 e. The molecule has 5 nitrogen and oxygen atoms in total. The van der Waals surface area contributed by atoms with Crippen LogP contribution in [0, 0.1) is 5.92 Å². The number of rotatable bonds is 3. The summed E-state index contributed by atoms with van der Waals surface area (Å²) in [6.45, 7) is 1.68. The fourth-order valence-electron chi connectivity index (χ4n) is 4.20. The lowest BCUT2D eigenvalue weighted by molar-refractivity contribution is -0.152. The molecule has 0 bridgehead atoms. The molecule has 4 aliphatic rings. The summed E-state index contributed by atoms with van der Waals surface area (Å²) >= 11 is 0. The van der Waals surface area contributed by atoms with Crippen molar-refractivity contribution < 1.29 is 19.1 Å². The first-order valence-corrected chi connectivity index (χ1v) is 8.79. The fraction of sp³-hybridized carbons (Fsp3) is 0.400. The van der Waals surface area contributed by atoms with Crippen LogP contribution in [0.15, 0.2) is 41.7 Å². The van der Waals surface area contributed by atoms with Gasteiger partial charge in [-0.05, 0) is 48.8 Å². The van der Waals surface area contributed by atoms with Crippen LogP contribution in [0.2, 0.25) is 0 Å². The summed E-state index contributed by atoms with van der Waals surface area (Å²) in [7, 11) is 0. The molecule has 2 heterocycles. The predicted molar refractivity (Wildman–Crippen MR) is 89.3 cm³/mol. The van der Waals surface area contributed by atoms with Crippen molar-refractivity contribution in [2.75, 3.05) is 0 Å². The molecule has 1 aromatic rings. The van der Waals surface area contributed by atoms with Crippen LogP contribution in [0.4, 0.5) is 0 Å². The summed E-state index contributed by atoms with van der Waals surface area (Å²) in [5, 5.41) is 3.13. The Morgan fingerprint density at radius 2 is 2.12 bits per heavy atom. The van der Waals surface area contributed by atoms with E-state index >= 15 is 0 Å². The summed E-state index contributed by atoms with van der Waals surface area (Å²) in [4.78, 5) is 23.9. The number of nitrogens with one attached hydrogen (secondary N) is 1. The van der Waals surface area contributed by atoms with E-state index < -0.39 is 6.29 Å². The number of hydrogen-bond donors (Lipinski definition) is 1. The summed E-state index contributed by atoms with van der Waals surface area (Å²) in [5.41, 5.74) is 5.20. The van der Waals surface area contributed by atoms with Crippen molar-refractivity contribution in [3.05, 3.63) is 58.4 Å². The Morgan fingerprint density at radius 3 is 2.84 bits per heavy atom. The highest BCUT2D eigenvalue weighted by atomic mass is 16.7. The topological polar surface area (TPSA) is 64.6 Å². The largest absolute Gasteiger partial charge is 0.458 e. The number of fused-ring (bicyclic) bond motifs is 3. The quantitative estimate of drug-likeness (QED) is 0.523. The molecule has 2 aliphatic heterocycles. The third-order valence-electron chi connectivity index (χ3n) is 5.61. The first kappa shape index (κ1) is 14.8. The van der Waals surface area contributed by atoms with Gasteiger partial charge in [-0.3, -0.25) is 4.79 Å². The number of carbonyl (C=O) groups is 2. The maximum absolute atomic E-state index is 12.4. The van der Waals surface area contributed by atoms with Crippen LogP contribution in [0.3, 0.4) is 0 Å². The molecule has 3 atom stereocenters. The van der Waals surface area contributed by atoms with Crippen LogP contribution in [0.1, 0.15) is 48.4 Å². The van der Waals surface area contributed by atoms with Gasteiger partial charge in [-0.1, -0.05) is 18.2 Å². The highest BCUT2D eigenvalue weighted by Gasteiger charge is 2.46. The molecule has 1 saturated heterocycles. The standard InChI is InChI=1S/C20H19NO4/c1-10-7-16(25-20(10)23)24-9-15-14-8-12-3-2-4-13(11-5-6-11)17(12)18(14)21-19(15)22/h2-4,7,9,11,14,16,18H,5-6,8H2,1H3,(H,21,22). The first-order chi connectivity index (χ1) is 12.1. The van der Waals surface area contributed by atoms with Crippen molar-refractivity contribution in [1.82, 2.24) is 5.32 Å². The number of cyclic esters (lactones) is 1. The molecular weight excluding hydrogens is 318 g/mol. The Kier molecular flexibility index (Phi) is 3.08. The number of esters is 1. The van der Waals surface area contributed by atoms with Gasteiger partial charge < -0.3 is 14.8 Å². The molecule has 0 aromatic heterocycles. The van der Waals surface area contributed by atoms with Gasteiger partial charge in [-0.25, -0.2) is 4.79 Å². The SMILES string of the molecule is CC1=CC(OC=C2C(=O)NC3c4c(cccc4C4CC4)CC23)OC1=O. The van der Waals surface area contributed by atoms with E-state index in [4.69, 9.17) is 9.47 Å². The van der Waals surface area contributed by atoms with Gasteiger partial charge in [0.1, 0.15) is 0 Å². The summed E-state index contributed by atoms with van der Waals surface area (Å²) in [5.74, 6) is 0.279. The average molecular weight is 337 g/mol. The number of ether oxygens (including phenoxy) is 2. The van der Waals surface area contributed by atoms with E-state index in [2.05, 4.69) is 23.5 Å². The third-order valence-corrected chi connectivity index (χ3v) is 5.61. The summed E-state index contributed by atoms with van der Waals surface area (Å²) in [6, 6.07) is 6.53. The molecule has 2 fully saturated rings. The van der Waals surface area contributed by atoms with E-state index in [1.165, 1.54) is 35.8 Å². The van der Waals surface area contributed by atoms with Crippen molar-refractivity contribution >= 4 is 11.9 Å². The number of benzene rings is 1. The Labute approximate surface area is 145 Å². The zero-order valence-electron chi connectivity index (χ0n) is 14.0. The Balaban J connectivity index is 1.41. The molecule has 1 aromatic carbocycles. The van der Waals surface area contributed by atoms with Crippen molar-refractivity contribution in [2.24, 2.45) is 5.92 Å². The smallest absolute Gasteiger partial charge is 0.336 e. The highest BCUT2D eigenvalue weighted by Crippen LogP contribution is 2.51. The molecule has 5 rings (SSSR count). The molecule has 128 valence electrons. The predicted octanol–water partition coefficient (Wildman–Crippen LogP) is 2.64. The van der Waals surface area contributed by atoms with Gasteiger partial charge >= 0.3 is 5.97 Å². The molecule has 3 unspecified atom stereocenters. The van der Waals surface area contributed by atoms with Crippen LogP contribution in [-0.4, -0.2) is 18.2 Å². The van der Waals surface area contributed by atoms with E-state index in [1.54, 1.807) is 13.0 Å². The molecule has 25 heavy (non-hydrogen) atoms. The molecule has 2 aliphatic carbocycles. The number of carbonyl (C=O) groups excluding carboxylic acids is 2. The Hall–Kier alpha value is -2.56. The second kappa shape index (κ2) is 5.22. The lowest BCUT2D eigenvalue weighted by atomic mass is 9.95. The molecule has 1 saturated carbocycles. The van der Waals surface area contributed by atoms with E-state index in [1.807, 2.05) is 0 Å². The third kappa shape index (κ3) is 2.29. The van der Waals surface area contributed by atoms with Crippen molar-refractivity contribution in [2.45, 2.75) is 44.4 Å². The van der Waals surface area contributed by atoms with E-state index in [-0.39, 0.29) is 23.8 Å². The average Bonchev–Trinajstić information content (AvgIpc) is 3.22. The fourth-order valence-corrected chi connectivity index (χ4v) is 4.20. The van der Waals surface area contributed by atoms with Gasteiger partial charge in [0.05, 0.1) is 17.9 Å². The molecule has 5 heteroatoms. The van der Waals surface area contributed by atoms with E-state index in [9.17, 15) is 9.59 Å². The van der Waals surface area contributed by atoms with Crippen LogP contribution in [0.25, 0.3) is 0 Å². The van der Waals surface area contributed by atoms with Crippen LogP contribution >= 0.6 is 0 Å². The van der Waals surface area contributed by atoms with Crippen LogP contribution in [0.5, 0.6) is 0 Å². The van der Waals surface area contributed by atoms with Gasteiger partial charge in [0.15, 0.2) is 0 Å². The minimum absolute atomic E-state index is 0.0394. The van der Waals surface area contributed by atoms with Crippen molar-refractivity contribution in [3.63, 3.8) is 0 Å². The second-order valence-electron chi connectivity index (χ2n) is 7.29. The Morgan fingerprint density at radius 1 is 1.28 bits per heavy atom. The first-order valence-electron chi connectivity index (χ1n) is 8.79. The number of amides is 1. The summed E-state index contributed by atoms with van der Waals surface area (Å²) in [6.07, 6.45) is 5.69. The zero-order chi connectivity index (χ0) is 17.1. The van der Waals surface area contributed by atoms with Crippen LogP contribution < -0.4 is 5.32 Å². The maximum atomic E-state index is 12.4. The maximum Gasteiger partial charge on any atom is 0.336 e. The van der Waals surface area contributed by atoms with E-state index in [0.717, 1.165) is 6.42 Å². The molecule has 0 radical (unpaired) electrons. The van der Waals surface area contributed by atoms with Gasteiger partial charge in [-0.15, -0.1) is 0 Å². The molecule has 1 amide bonds. The van der Waals surface area contributed by atoms with Crippen LogP contribution in [-0.2, 0) is 25.5 Å².